The quantitative estimate of drug-likeness (QED) is 0.909. The van der Waals surface area contributed by atoms with Crippen molar-refractivity contribution in [3.8, 4) is 0 Å². The summed E-state index contributed by atoms with van der Waals surface area (Å²) in [4.78, 5) is 2.02. The molecule has 0 aliphatic rings. The monoisotopic (exact) mass is 285 g/mol. The average Bonchev–Trinajstić information content (AvgIpc) is 2.48. The first kappa shape index (κ1) is 15.4. The highest BCUT2D eigenvalue weighted by Gasteiger charge is 2.15. The lowest BCUT2D eigenvalue weighted by atomic mass is 9.94. The van der Waals surface area contributed by atoms with Crippen molar-refractivity contribution in [2.24, 2.45) is 0 Å². The van der Waals surface area contributed by atoms with E-state index in [2.05, 4.69) is 0 Å². The van der Waals surface area contributed by atoms with Crippen molar-refractivity contribution in [1.82, 2.24) is 4.90 Å². The highest BCUT2D eigenvalue weighted by molar-refractivity contribution is 5.70. The summed E-state index contributed by atoms with van der Waals surface area (Å²) in [6.45, 7) is 0.705. The number of halogens is 1. The fourth-order valence-corrected chi connectivity index (χ4v) is 2.16. The Morgan fingerprint density at radius 1 is 1.14 bits per heavy atom. The minimum Gasteiger partial charge on any atom is -0.384 e. The maximum atomic E-state index is 13.4. The maximum absolute atomic E-state index is 13.4. The molecule has 0 bridgehead atoms. The van der Waals surface area contributed by atoms with E-state index in [9.17, 15) is 9.50 Å². The summed E-state index contributed by atoms with van der Waals surface area (Å²) >= 11 is 0. The van der Waals surface area contributed by atoms with Crippen LogP contribution in [0, 0.1) is 5.82 Å². The van der Waals surface area contributed by atoms with Gasteiger partial charge in [0.25, 0.3) is 0 Å². The maximum Gasteiger partial charge on any atom is 0.123 e. The van der Waals surface area contributed by atoms with Gasteiger partial charge >= 0.3 is 0 Å². The summed E-state index contributed by atoms with van der Waals surface area (Å²) in [5, 5.41) is 10.6. The molecule has 2 rings (SSSR count). The molecule has 1 atom stereocenters. The van der Waals surface area contributed by atoms with Gasteiger partial charge in [0.1, 0.15) is 11.9 Å². The Hall–Kier alpha value is -1.97. The van der Waals surface area contributed by atoms with Crippen LogP contribution in [0.1, 0.15) is 17.2 Å². The Bertz CT molecular complexity index is 608. The second kappa shape index (κ2) is 7.16. The van der Waals surface area contributed by atoms with Crippen molar-refractivity contribution < 1.29 is 9.50 Å². The third kappa shape index (κ3) is 4.25. The molecule has 3 heteroatoms. The molecule has 2 aromatic rings. The van der Waals surface area contributed by atoms with Crippen molar-refractivity contribution in [2.45, 2.75) is 6.10 Å². The van der Waals surface area contributed by atoms with Gasteiger partial charge in [-0.1, -0.05) is 48.5 Å². The molecule has 110 valence electrons. The van der Waals surface area contributed by atoms with Crippen molar-refractivity contribution in [2.75, 3.05) is 20.6 Å². The molecule has 0 fully saturated rings. The Morgan fingerprint density at radius 3 is 2.48 bits per heavy atom. The fraction of sp³-hybridized carbons (Fsp3) is 0.222. The molecule has 2 aromatic carbocycles. The second-order valence-corrected chi connectivity index (χ2v) is 5.25. The highest BCUT2D eigenvalue weighted by atomic mass is 19.1. The van der Waals surface area contributed by atoms with Crippen LogP contribution in [0.25, 0.3) is 5.57 Å². The summed E-state index contributed by atoms with van der Waals surface area (Å²) in [6.07, 6.45) is 1.13. The largest absolute Gasteiger partial charge is 0.384 e. The number of aliphatic hydroxyl groups excluding tert-OH is 1. The number of benzene rings is 2. The lowest BCUT2D eigenvalue weighted by Crippen LogP contribution is -2.12. The summed E-state index contributed by atoms with van der Waals surface area (Å²) < 4.78 is 13.4. The number of nitrogens with zero attached hydrogens (tertiary/aromatic N) is 1. The number of aliphatic hydroxyl groups is 1. The predicted molar refractivity (Wildman–Crippen MR) is 84.3 cm³/mol. The SMILES string of the molecule is CN(C)C/C=C(\c1ccccc1)C(O)c1cccc(F)c1. The van der Waals surface area contributed by atoms with Crippen LogP contribution in [-0.4, -0.2) is 30.6 Å². The predicted octanol–water partition coefficient (Wildman–Crippen LogP) is 3.50. The average molecular weight is 285 g/mol. The molecule has 1 unspecified atom stereocenters. The van der Waals surface area contributed by atoms with Crippen LogP contribution in [-0.2, 0) is 0 Å². The van der Waals surface area contributed by atoms with E-state index >= 15 is 0 Å². The van der Waals surface area contributed by atoms with Crippen LogP contribution in [0.4, 0.5) is 4.39 Å². The van der Waals surface area contributed by atoms with E-state index in [0.29, 0.717) is 12.1 Å². The smallest absolute Gasteiger partial charge is 0.123 e. The molecular weight excluding hydrogens is 265 g/mol. The molecule has 0 aromatic heterocycles. The number of hydrogen-bond donors (Lipinski definition) is 1. The molecule has 0 radical (unpaired) electrons. The number of rotatable bonds is 5. The van der Waals surface area contributed by atoms with Gasteiger partial charge < -0.3 is 10.0 Å². The Morgan fingerprint density at radius 2 is 1.86 bits per heavy atom. The van der Waals surface area contributed by atoms with Gasteiger partial charge in [-0.05, 0) is 42.9 Å². The highest BCUT2D eigenvalue weighted by Crippen LogP contribution is 2.30. The molecule has 0 aliphatic heterocycles. The zero-order valence-corrected chi connectivity index (χ0v) is 12.3. The van der Waals surface area contributed by atoms with Crippen LogP contribution in [0.15, 0.2) is 60.7 Å². The van der Waals surface area contributed by atoms with Crippen molar-refractivity contribution in [3.63, 3.8) is 0 Å². The summed E-state index contributed by atoms with van der Waals surface area (Å²) in [5.74, 6) is -0.341. The summed E-state index contributed by atoms with van der Waals surface area (Å²) in [6, 6.07) is 15.8. The van der Waals surface area contributed by atoms with Crippen molar-refractivity contribution >= 4 is 5.57 Å². The van der Waals surface area contributed by atoms with Crippen LogP contribution >= 0.6 is 0 Å². The molecule has 21 heavy (non-hydrogen) atoms. The van der Waals surface area contributed by atoms with Gasteiger partial charge in [-0.25, -0.2) is 4.39 Å². The van der Waals surface area contributed by atoms with Crippen molar-refractivity contribution in [3.05, 3.63) is 77.6 Å². The van der Waals surface area contributed by atoms with Crippen molar-refractivity contribution in [1.29, 1.82) is 0 Å². The lowest BCUT2D eigenvalue weighted by Gasteiger charge is -2.17. The third-order valence-corrected chi connectivity index (χ3v) is 3.24. The van der Waals surface area contributed by atoms with Crippen LogP contribution in [0.2, 0.25) is 0 Å². The molecule has 0 amide bonds. The molecule has 1 N–H and O–H groups in total. The number of hydrogen-bond acceptors (Lipinski definition) is 2. The Labute approximate surface area is 125 Å². The Balaban J connectivity index is 2.37. The van der Waals surface area contributed by atoms with Crippen LogP contribution in [0.3, 0.4) is 0 Å². The van der Waals surface area contributed by atoms with Gasteiger partial charge in [0.2, 0.25) is 0 Å². The first-order valence-corrected chi connectivity index (χ1v) is 6.91. The standard InChI is InChI=1S/C18H20FNO/c1-20(2)12-11-17(14-7-4-3-5-8-14)18(21)15-9-6-10-16(19)13-15/h3-11,13,18,21H,12H2,1-2H3/b17-11+. The first-order chi connectivity index (χ1) is 10.1. The minimum absolute atomic E-state index is 0.341. The molecule has 0 saturated heterocycles. The van der Waals surface area contributed by atoms with E-state index in [4.69, 9.17) is 0 Å². The third-order valence-electron chi connectivity index (χ3n) is 3.24. The first-order valence-electron chi connectivity index (χ1n) is 6.91. The molecule has 0 saturated carbocycles. The van der Waals surface area contributed by atoms with E-state index in [1.165, 1.54) is 12.1 Å². The molecular formula is C18H20FNO. The van der Waals surface area contributed by atoms with Gasteiger partial charge in [0.15, 0.2) is 0 Å². The topological polar surface area (TPSA) is 23.5 Å². The molecule has 2 nitrogen and oxygen atoms in total. The van der Waals surface area contributed by atoms with E-state index in [1.807, 2.05) is 55.4 Å². The lowest BCUT2D eigenvalue weighted by molar-refractivity contribution is 0.237. The molecule has 0 heterocycles. The molecule has 0 aliphatic carbocycles. The second-order valence-electron chi connectivity index (χ2n) is 5.25. The number of likely N-dealkylation sites (N-methyl/N-ethyl adjacent to an activating group) is 1. The van der Waals surface area contributed by atoms with E-state index in [0.717, 1.165) is 11.1 Å². The van der Waals surface area contributed by atoms with Gasteiger partial charge in [0, 0.05) is 6.54 Å². The Kier molecular flexibility index (Phi) is 5.26. The van der Waals surface area contributed by atoms with Gasteiger partial charge in [0.05, 0.1) is 0 Å². The zero-order valence-electron chi connectivity index (χ0n) is 12.3. The van der Waals surface area contributed by atoms with E-state index in [-0.39, 0.29) is 5.82 Å². The van der Waals surface area contributed by atoms with E-state index in [1.54, 1.807) is 12.1 Å². The normalized spacial score (nSPS) is 13.5. The summed E-state index contributed by atoms with van der Waals surface area (Å²) in [5.41, 5.74) is 2.29. The van der Waals surface area contributed by atoms with Crippen LogP contribution in [0.5, 0.6) is 0 Å². The minimum atomic E-state index is -0.844. The van der Waals surface area contributed by atoms with Crippen LogP contribution < -0.4 is 0 Å². The fourth-order valence-electron chi connectivity index (χ4n) is 2.16. The van der Waals surface area contributed by atoms with E-state index < -0.39 is 6.10 Å². The van der Waals surface area contributed by atoms with Gasteiger partial charge in [-0.3, -0.25) is 0 Å². The zero-order chi connectivity index (χ0) is 15.2. The van der Waals surface area contributed by atoms with Gasteiger partial charge in [-0.15, -0.1) is 0 Å². The molecule has 0 spiro atoms. The summed E-state index contributed by atoms with van der Waals surface area (Å²) in [7, 11) is 3.93. The van der Waals surface area contributed by atoms with Gasteiger partial charge in [-0.2, -0.15) is 0 Å².